The van der Waals surface area contributed by atoms with E-state index in [9.17, 15) is 13.2 Å². The maximum Gasteiger partial charge on any atom is 0.417 e. The van der Waals surface area contributed by atoms with E-state index in [4.69, 9.17) is 0 Å². The lowest BCUT2D eigenvalue weighted by Crippen LogP contribution is -2.06. The predicted molar refractivity (Wildman–Crippen MR) is 71.1 cm³/mol. The first-order valence-corrected chi connectivity index (χ1v) is 6.42. The lowest BCUT2D eigenvalue weighted by molar-refractivity contribution is -0.137. The van der Waals surface area contributed by atoms with E-state index in [1.807, 2.05) is 0 Å². The van der Waals surface area contributed by atoms with Gasteiger partial charge in [0.1, 0.15) is 0 Å². The van der Waals surface area contributed by atoms with E-state index < -0.39 is 11.7 Å². The van der Waals surface area contributed by atoms with Gasteiger partial charge in [0.15, 0.2) is 11.5 Å². The molecule has 0 aliphatic carbocycles. The molecule has 0 spiro atoms. The number of benzene rings is 1. The van der Waals surface area contributed by atoms with Crippen LogP contribution in [0.1, 0.15) is 5.56 Å². The van der Waals surface area contributed by atoms with Crippen LogP contribution in [0.25, 0.3) is 17.0 Å². The lowest BCUT2D eigenvalue weighted by Gasteiger charge is -2.07. The Kier molecular flexibility index (Phi) is 3.01. The van der Waals surface area contributed by atoms with Crippen molar-refractivity contribution in [2.45, 2.75) is 6.18 Å². The zero-order chi connectivity index (χ0) is 14.3. The van der Waals surface area contributed by atoms with Gasteiger partial charge in [0.25, 0.3) is 0 Å². The standard InChI is InChI=1S/C13H7BrF3N3/c14-10-4-1-8(2-5-10)12-19-18-11-6-3-9(7-20(11)12)13(15,16)17/h1-7H. The van der Waals surface area contributed by atoms with Gasteiger partial charge in [-0.25, -0.2) is 0 Å². The zero-order valence-electron chi connectivity index (χ0n) is 9.89. The van der Waals surface area contributed by atoms with Gasteiger partial charge in [0, 0.05) is 16.2 Å². The predicted octanol–water partition coefficient (Wildman–Crippen LogP) is 4.18. The van der Waals surface area contributed by atoms with E-state index in [0.717, 1.165) is 16.7 Å². The van der Waals surface area contributed by atoms with Crippen molar-refractivity contribution in [2.24, 2.45) is 0 Å². The third kappa shape index (κ3) is 2.29. The highest BCUT2D eigenvalue weighted by molar-refractivity contribution is 9.10. The summed E-state index contributed by atoms with van der Waals surface area (Å²) in [6.07, 6.45) is -3.39. The van der Waals surface area contributed by atoms with Crippen LogP contribution in [0.4, 0.5) is 13.2 Å². The average Bonchev–Trinajstić information content (AvgIpc) is 2.81. The summed E-state index contributed by atoms with van der Waals surface area (Å²) in [5.41, 5.74) is 0.333. The molecule has 0 N–H and O–H groups in total. The van der Waals surface area contributed by atoms with Crippen LogP contribution in [-0.2, 0) is 6.18 Å². The molecule has 3 rings (SSSR count). The molecule has 1 aromatic carbocycles. The Morgan fingerprint density at radius 1 is 0.950 bits per heavy atom. The number of halogens is 4. The van der Waals surface area contributed by atoms with E-state index in [1.165, 1.54) is 10.5 Å². The fourth-order valence-corrected chi connectivity index (χ4v) is 2.12. The van der Waals surface area contributed by atoms with E-state index in [2.05, 4.69) is 26.1 Å². The lowest BCUT2D eigenvalue weighted by atomic mass is 10.2. The third-order valence-electron chi connectivity index (χ3n) is 2.83. The van der Waals surface area contributed by atoms with Gasteiger partial charge in [-0.3, -0.25) is 4.40 Å². The second-order valence-corrected chi connectivity index (χ2v) is 5.09. The molecule has 0 bridgehead atoms. The summed E-state index contributed by atoms with van der Waals surface area (Å²) in [7, 11) is 0. The molecule has 0 amide bonds. The van der Waals surface area contributed by atoms with Crippen LogP contribution < -0.4 is 0 Å². The molecule has 0 atom stereocenters. The largest absolute Gasteiger partial charge is 0.417 e. The van der Waals surface area contributed by atoms with Gasteiger partial charge >= 0.3 is 6.18 Å². The van der Waals surface area contributed by atoms with Crippen molar-refractivity contribution in [1.29, 1.82) is 0 Å². The second-order valence-electron chi connectivity index (χ2n) is 4.17. The second kappa shape index (κ2) is 4.59. The highest BCUT2D eigenvalue weighted by Crippen LogP contribution is 2.30. The van der Waals surface area contributed by atoms with Gasteiger partial charge in [-0.1, -0.05) is 28.1 Å². The zero-order valence-corrected chi connectivity index (χ0v) is 11.5. The Bertz CT molecular complexity index is 763. The summed E-state index contributed by atoms with van der Waals surface area (Å²) >= 11 is 3.30. The smallest absolute Gasteiger partial charge is 0.282 e. The first-order valence-electron chi connectivity index (χ1n) is 5.63. The highest BCUT2D eigenvalue weighted by atomic mass is 79.9. The van der Waals surface area contributed by atoms with E-state index in [0.29, 0.717) is 17.0 Å². The molecule has 0 fully saturated rings. The number of fused-ring (bicyclic) bond motifs is 1. The molecule has 0 saturated heterocycles. The summed E-state index contributed by atoms with van der Waals surface area (Å²) in [5.74, 6) is 0.374. The summed E-state index contributed by atoms with van der Waals surface area (Å²) in [5, 5.41) is 7.82. The number of hydrogen-bond donors (Lipinski definition) is 0. The number of hydrogen-bond acceptors (Lipinski definition) is 2. The Hall–Kier alpha value is -1.89. The van der Waals surface area contributed by atoms with Gasteiger partial charge < -0.3 is 0 Å². The minimum absolute atomic E-state index is 0.371. The molecule has 20 heavy (non-hydrogen) atoms. The van der Waals surface area contributed by atoms with Gasteiger partial charge in [0.05, 0.1) is 5.56 Å². The molecule has 0 unspecified atom stereocenters. The molecule has 2 aromatic heterocycles. The van der Waals surface area contributed by atoms with Crippen LogP contribution in [0.2, 0.25) is 0 Å². The van der Waals surface area contributed by atoms with Crippen molar-refractivity contribution in [3.05, 3.63) is 52.6 Å². The maximum absolute atomic E-state index is 12.7. The van der Waals surface area contributed by atoms with Crippen molar-refractivity contribution in [2.75, 3.05) is 0 Å². The molecule has 0 saturated carbocycles. The number of alkyl halides is 3. The summed E-state index contributed by atoms with van der Waals surface area (Å²) < 4.78 is 40.5. The van der Waals surface area contributed by atoms with Gasteiger partial charge in [-0.15, -0.1) is 10.2 Å². The number of aromatic nitrogens is 3. The van der Waals surface area contributed by atoms with E-state index >= 15 is 0 Å². The van der Waals surface area contributed by atoms with Crippen LogP contribution in [0.3, 0.4) is 0 Å². The Morgan fingerprint density at radius 3 is 2.30 bits per heavy atom. The van der Waals surface area contributed by atoms with Gasteiger partial charge in [-0.2, -0.15) is 13.2 Å². The van der Waals surface area contributed by atoms with Crippen molar-refractivity contribution in [3.63, 3.8) is 0 Å². The normalized spacial score (nSPS) is 12.0. The summed E-state index contributed by atoms with van der Waals surface area (Å²) in [6, 6.07) is 9.42. The maximum atomic E-state index is 12.7. The van der Waals surface area contributed by atoms with Gasteiger partial charge in [-0.05, 0) is 24.3 Å². The molecule has 3 aromatic rings. The monoisotopic (exact) mass is 341 g/mol. The average molecular weight is 342 g/mol. The first-order chi connectivity index (χ1) is 9.45. The van der Waals surface area contributed by atoms with Crippen LogP contribution in [-0.4, -0.2) is 14.6 Å². The van der Waals surface area contributed by atoms with Crippen LogP contribution in [0.15, 0.2) is 47.1 Å². The molecule has 0 radical (unpaired) electrons. The molecule has 0 aliphatic rings. The fourth-order valence-electron chi connectivity index (χ4n) is 1.85. The molecule has 3 nitrogen and oxygen atoms in total. The molecule has 102 valence electrons. The Labute approximate surface area is 120 Å². The molecule has 0 aliphatic heterocycles. The Balaban J connectivity index is 2.19. The van der Waals surface area contributed by atoms with E-state index in [1.54, 1.807) is 24.3 Å². The minimum atomic E-state index is -4.39. The van der Waals surface area contributed by atoms with Crippen LogP contribution in [0.5, 0.6) is 0 Å². The summed E-state index contributed by atoms with van der Waals surface area (Å²) in [6.45, 7) is 0. The van der Waals surface area contributed by atoms with Crippen molar-refractivity contribution in [1.82, 2.24) is 14.6 Å². The Morgan fingerprint density at radius 2 is 1.65 bits per heavy atom. The highest BCUT2D eigenvalue weighted by Gasteiger charge is 2.31. The molecule has 2 heterocycles. The van der Waals surface area contributed by atoms with Crippen molar-refractivity contribution in [3.8, 4) is 11.4 Å². The first kappa shape index (κ1) is 13.1. The number of rotatable bonds is 1. The topological polar surface area (TPSA) is 30.2 Å². The molecular formula is C13H7BrF3N3. The molecular weight excluding hydrogens is 335 g/mol. The third-order valence-corrected chi connectivity index (χ3v) is 3.36. The fraction of sp³-hybridized carbons (Fsp3) is 0.0769. The van der Waals surface area contributed by atoms with Crippen molar-refractivity contribution >= 4 is 21.6 Å². The molecule has 7 heteroatoms. The van der Waals surface area contributed by atoms with E-state index in [-0.39, 0.29) is 0 Å². The van der Waals surface area contributed by atoms with Crippen LogP contribution >= 0.6 is 15.9 Å². The number of pyridine rings is 1. The summed E-state index contributed by atoms with van der Waals surface area (Å²) in [4.78, 5) is 0. The van der Waals surface area contributed by atoms with Crippen LogP contribution in [0, 0.1) is 0 Å². The minimum Gasteiger partial charge on any atom is -0.282 e. The quantitative estimate of drug-likeness (QED) is 0.664. The van der Waals surface area contributed by atoms with Crippen molar-refractivity contribution < 1.29 is 13.2 Å². The van der Waals surface area contributed by atoms with Gasteiger partial charge in [0.2, 0.25) is 0 Å². The SMILES string of the molecule is FC(F)(F)c1ccc2nnc(-c3ccc(Br)cc3)n2c1. The number of nitrogens with zero attached hydrogens (tertiary/aromatic N) is 3.